The van der Waals surface area contributed by atoms with Gasteiger partial charge in [0.05, 0.1) is 6.61 Å². The van der Waals surface area contributed by atoms with Crippen LogP contribution in [-0.4, -0.2) is 50.0 Å². The number of piperidine rings is 1. The summed E-state index contributed by atoms with van der Waals surface area (Å²) in [4.78, 5) is 25.8. The van der Waals surface area contributed by atoms with Crippen LogP contribution in [0.4, 0.5) is 5.69 Å². The number of halogens is 1. The molecule has 1 saturated heterocycles. The van der Waals surface area contributed by atoms with Gasteiger partial charge in [0.25, 0.3) is 0 Å². The van der Waals surface area contributed by atoms with Crippen molar-refractivity contribution in [1.82, 2.24) is 10.2 Å². The largest absolute Gasteiger partial charge is 0.494 e. The third-order valence-electron chi connectivity index (χ3n) is 5.14. The van der Waals surface area contributed by atoms with Crippen LogP contribution in [-0.2, 0) is 16.0 Å². The molecule has 0 bridgehead atoms. The van der Waals surface area contributed by atoms with E-state index in [1.165, 1.54) is 6.42 Å². The van der Waals surface area contributed by atoms with Gasteiger partial charge in [0.2, 0.25) is 11.8 Å². The second kappa shape index (κ2) is 10.5. The summed E-state index contributed by atoms with van der Waals surface area (Å²) < 4.78 is 5.80. The van der Waals surface area contributed by atoms with Crippen LogP contribution in [0.25, 0.3) is 0 Å². The molecule has 2 amide bonds. The molecule has 1 atom stereocenters. The van der Waals surface area contributed by atoms with Crippen molar-refractivity contribution in [2.75, 3.05) is 38.6 Å². The molecule has 2 heterocycles. The Morgan fingerprint density at radius 2 is 2.22 bits per heavy atom. The topological polar surface area (TPSA) is 70.7 Å². The molecule has 150 valence electrons. The lowest BCUT2D eigenvalue weighted by Gasteiger charge is -2.32. The van der Waals surface area contributed by atoms with Crippen LogP contribution in [0.1, 0.15) is 37.7 Å². The zero-order valence-corrected chi connectivity index (χ0v) is 16.8. The second-order valence-electron chi connectivity index (χ2n) is 7.22. The first kappa shape index (κ1) is 21.5. The standard InChI is InChI=1S/C20H29N3O3.ClH/c1-21-13-15-4-2-10-23(14-15)20(25)5-3-11-26-17-7-8-18-16(12-17)6-9-19(24)22-18;/h7-8,12,15,21H,2-6,9-11,13-14H2,1H3,(H,22,24);1H. The average Bonchev–Trinajstić information content (AvgIpc) is 2.65. The number of benzene rings is 1. The summed E-state index contributed by atoms with van der Waals surface area (Å²) in [5.74, 6) is 1.69. The van der Waals surface area contributed by atoms with E-state index in [-0.39, 0.29) is 24.2 Å². The molecule has 7 heteroatoms. The predicted octanol–water partition coefficient (Wildman–Crippen LogP) is 2.61. The summed E-state index contributed by atoms with van der Waals surface area (Å²) in [5.41, 5.74) is 1.99. The second-order valence-corrected chi connectivity index (χ2v) is 7.22. The highest BCUT2D eigenvalue weighted by Crippen LogP contribution is 2.27. The maximum atomic E-state index is 12.4. The third-order valence-corrected chi connectivity index (χ3v) is 5.14. The SMILES string of the molecule is CNCC1CCCN(C(=O)CCCOc2ccc3c(c2)CCC(=O)N3)C1.Cl. The first-order valence-electron chi connectivity index (χ1n) is 9.63. The predicted molar refractivity (Wildman–Crippen MR) is 109 cm³/mol. The molecule has 0 radical (unpaired) electrons. The highest BCUT2D eigenvalue weighted by molar-refractivity contribution is 5.94. The van der Waals surface area contributed by atoms with Gasteiger partial charge in [-0.1, -0.05) is 0 Å². The fourth-order valence-electron chi connectivity index (χ4n) is 3.77. The number of likely N-dealkylation sites (tertiary alicyclic amines) is 1. The Morgan fingerprint density at radius 1 is 1.37 bits per heavy atom. The number of ether oxygens (including phenoxy) is 1. The Labute approximate surface area is 167 Å². The molecule has 1 aromatic rings. The van der Waals surface area contributed by atoms with Crippen molar-refractivity contribution < 1.29 is 14.3 Å². The number of nitrogens with zero attached hydrogens (tertiary/aromatic N) is 1. The summed E-state index contributed by atoms with van der Waals surface area (Å²) >= 11 is 0. The third kappa shape index (κ3) is 6.11. The fraction of sp³-hybridized carbons (Fsp3) is 0.600. The van der Waals surface area contributed by atoms with Gasteiger partial charge in [-0.05, 0) is 69.0 Å². The number of amides is 2. The molecular weight excluding hydrogens is 366 g/mol. The summed E-state index contributed by atoms with van der Waals surface area (Å²) in [6.45, 7) is 3.27. The highest BCUT2D eigenvalue weighted by Gasteiger charge is 2.22. The smallest absolute Gasteiger partial charge is 0.224 e. The first-order chi connectivity index (χ1) is 12.7. The van der Waals surface area contributed by atoms with Crippen LogP contribution in [0.15, 0.2) is 18.2 Å². The molecule has 1 unspecified atom stereocenters. The van der Waals surface area contributed by atoms with E-state index in [2.05, 4.69) is 10.6 Å². The first-order valence-corrected chi connectivity index (χ1v) is 9.63. The molecule has 1 fully saturated rings. The molecule has 3 rings (SSSR count). The number of nitrogens with one attached hydrogen (secondary N) is 2. The normalized spacial score (nSPS) is 18.9. The molecule has 2 aliphatic rings. The quantitative estimate of drug-likeness (QED) is 0.696. The Bertz CT molecular complexity index is 651. The minimum Gasteiger partial charge on any atom is -0.494 e. The van der Waals surface area contributed by atoms with Gasteiger partial charge in [0, 0.05) is 31.6 Å². The van der Waals surface area contributed by atoms with Crippen LogP contribution in [0, 0.1) is 5.92 Å². The molecular formula is C20H30ClN3O3. The van der Waals surface area contributed by atoms with Gasteiger partial charge in [-0.2, -0.15) is 0 Å². The van der Waals surface area contributed by atoms with Crippen molar-refractivity contribution in [3.05, 3.63) is 23.8 Å². The van der Waals surface area contributed by atoms with Crippen molar-refractivity contribution in [3.8, 4) is 5.75 Å². The zero-order chi connectivity index (χ0) is 18.4. The number of rotatable bonds is 7. The summed E-state index contributed by atoms with van der Waals surface area (Å²) in [5, 5.41) is 6.08. The number of hydrogen-bond acceptors (Lipinski definition) is 4. The van der Waals surface area contributed by atoms with Gasteiger partial charge < -0.3 is 20.3 Å². The number of carbonyl (C=O) groups is 2. The summed E-state index contributed by atoms with van der Waals surface area (Å²) in [6.07, 6.45) is 4.83. The van der Waals surface area contributed by atoms with Crippen molar-refractivity contribution >= 4 is 29.9 Å². The molecule has 2 N–H and O–H groups in total. The summed E-state index contributed by atoms with van der Waals surface area (Å²) in [7, 11) is 1.97. The monoisotopic (exact) mass is 395 g/mol. The Balaban J connectivity index is 0.00000261. The van der Waals surface area contributed by atoms with Gasteiger partial charge in [-0.15, -0.1) is 12.4 Å². The molecule has 2 aliphatic heterocycles. The van der Waals surface area contributed by atoms with E-state index in [9.17, 15) is 9.59 Å². The van der Waals surface area contributed by atoms with Gasteiger partial charge in [-0.3, -0.25) is 9.59 Å². The highest BCUT2D eigenvalue weighted by atomic mass is 35.5. The minimum atomic E-state index is 0. The van der Waals surface area contributed by atoms with Crippen molar-refractivity contribution in [1.29, 1.82) is 0 Å². The Morgan fingerprint density at radius 3 is 3.04 bits per heavy atom. The number of fused-ring (bicyclic) bond motifs is 1. The lowest BCUT2D eigenvalue weighted by molar-refractivity contribution is -0.133. The van der Waals surface area contributed by atoms with Gasteiger partial charge in [0.1, 0.15) is 5.75 Å². The minimum absolute atomic E-state index is 0. The Kier molecular flexibility index (Phi) is 8.38. The average molecular weight is 396 g/mol. The molecule has 6 nitrogen and oxygen atoms in total. The van der Waals surface area contributed by atoms with E-state index < -0.39 is 0 Å². The van der Waals surface area contributed by atoms with E-state index in [0.29, 0.717) is 25.4 Å². The molecule has 0 spiro atoms. The summed E-state index contributed by atoms with van der Waals surface area (Å²) in [6, 6.07) is 5.76. The Hall–Kier alpha value is -1.79. The van der Waals surface area contributed by atoms with Gasteiger partial charge in [0.15, 0.2) is 0 Å². The van der Waals surface area contributed by atoms with Crippen LogP contribution < -0.4 is 15.4 Å². The zero-order valence-electron chi connectivity index (χ0n) is 16.0. The molecule has 1 aromatic carbocycles. The molecule has 0 saturated carbocycles. The van der Waals surface area contributed by atoms with E-state index in [4.69, 9.17) is 4.74 Å². The molecule has 27 heavy (non-hydrogen) atoms. The van der Waals surface area contributed by atoms with Crippen molar-refractivity contribution in [2.45, 2.75) is 38.5 Å². The van der Waals surface area contributed by atoms with Gasteiger partial charge in [-0.25, -0.2) is 0 Å². The molecule has 0 aromatic heterocycles. The number of hydrogen-bond donors (Lipinski definition) is 2. The van der Waals surface area contributed by atoms with Crippen LogP contribution in [0.5, 0.6) is 5.75 Å². The van der Waals surface area contributed by atoms with E-state index in [0.717, 1.165) is 55.9 Å². The maximum Gasteiger partial charge on any atom is 0.224 e. The molecule has 0 aliphatic carbocycles. The van der Waals surface area contributed by atoms with E-state index >= 15 is 0 Å². The van der Waals surface area contributed by atoms with Crippen molar-refractivity contribution in [3.63, 3.8) is 0 Å². The number of aryl methyl sites for hydroxylation is 1. The fourth-order valence-corrected chi connectivity index (χ4v) is 3.77. The number of anilines is 1. The number of carbonyl (C=O) groups excluding carboxylic acids is 2. The lowest BCUT2D eigenvalue weighted by Crippen LogP contribution is -2.42. The van der Waals surface area contributed by atoms with Crippen LogP contribution in [0.2, 0.25) is 0 Å². The maximum absolute atomic E-state index is 12.4. The van der Waals surface area contributed by atoms with Crippen LogP contribution >= 0.6 is 12.4 Å². The van der Waals surface area contributed by atoms with E-state index in [1.54, 1.807) is 0 Å². The van der Waals surface area contributed by atoms with Crippen LogP contribution in [0.3, 0.4) is 0 Å². The van der Waals surface area contributed by atoms with Gasteiger partial charge >= 0.3 is 0 Å². The lowest BCUT2D eigenvalue weighted by atomic mass is 9.97. The van der Waals surface area contributed by atoms with Crippen molar-refractivity contribution in [2.24, 2.45) is 5.92 Å². The van der Waals surface area contributed by atoms with E-state index in [1.807, 2.05) is 30.1 Å².